The minimum absolute atomic E-state index is 0.184. The Labute approximate surface area is 111 Å². The lowest BCUT2D eigenvalue weighted by Gasteiger charge is -2.04. The van der Waals surface area contributed by atoms with Gasteiger partial charge in [-0.1, -0.05) is 6.92 Å². The van der Waals surface area contributed by atoms with Gasteiger partial charge in [0.05, 0.1) is 25.2 Å². The van der Waals surface area contributed by atoms with Gasteiger partial charge >= 0.3 is 5.97 Å². The molecule has 0 amide bonds. The highest BCUT2D eigenvalue weighted by Crippen LogP contribution is 2.16. The Kier molecular flexibility index (Phi) is 3.59. The molecule has 6 heteroatoms. The average Bonchev–Trinajstić information content (AvgIpc) is 2.72. The van der Waals surface area contributed by atoms with Gasteiger partial charge in [-0.2, -0.15) is 5.10 Å². The van der Waals surface area contributed by atoms with Crippen molar-refractivity contribution in [1.29, 1.82) is 0 Å². The molecule has 0 spiro atoms. The van der Waals surface area contributed by atoms with Crippen molar-refractivity contribution in [3.05, 3.63) is 35.0 Å². The van der Waals surface area contributed by atoms with Gasteiger partial charge in [0, 0.05) is 5.69 Å². The van der Waals surface area contributed by atoms with Crippen molar-refractivity contribution in [2.45, 2.75) is 27.2 Å². The first kappa shape index (κ1) is 13.2. The number of methoxy groups -OCH3 is 1. The Hall–Kier alpha value is -2.24. The van der Waals surface area contributed by atoms with E-state index in [9.17, 15) is 4.79 Å². The molecule has 6 nitrogen and oxygen atoms in total. The third-order valence-corrected chi connectivity index (χ3v) is 3.04. The zero-order valence-electron chi connectivity index (χ0n) is 11.5. The van der Waals surface area contributed by atoms with Gasteiger partial charge < -0.3 is 4.74 Å². The summed E-state index contributed by atoms with van der Waals surface area (Å²) >= 11 is 0. The van der Waals surface area contributed by atoms with Crippen LogP contribution in [0.1, 0.15) is 34.4 Å². The Balaban J connectivity index is 2.40. The Bertz CT molecular complexity index is 602. The number of aromatic nitrogens is 4. The lowest BCUT2D eigenvalue weighted by atomic mass is 10.1. The van der Waals surface area contributed by atoms with Gasteiger partial charge in [-0.25, -0.2) is 19.4 Å². The van der Waals surface area contributed by atoms with Crippen molar-refractivity contribution in [1.82, 2.24) is 19.7 Å². The highest BCUT2D eigenvalue weighted by atomic mass is 16.5. The number of nitrogens with zero attached hydrogens (tertiary/aromatic N) is 4. The molecule has 19 heavy (non-hydrogen) atoms. The third-order valence-electron chi connectivity index (χ3n) is 3.04. The normalized spacial score (nSPS) is 10.5. The second kappa shape index (κ2) is 5.17. The highest BCUT2D eigenvalue weighted by Gasteiger charge is 2.13. The molecule has 2 rings (SSSR count). The van der Waals surface area contributed by atoms with E-state index in [1.807, 2.05) is 13.8 Å². The van der Waals surface area contributed by atoms with Crippen molar-refractivity contribution in [3.8, 4) is 5.82 Å². The predicted octanol–water partition coefficient (Wildman–Crippen LogP) is 1.63. The van der Waals surface area contributed by atoms with Crippen molar-refractivity contribution >= 4 is 5.97 Å². The van der Waals surface area contributed by atoms with E-state index in [0.29, 0.717) is 5.82 Å². The zero-order valence-corrected chi connectivity index (χ0v) is 11.5. The number of aryl methyl sites for hydroxylation is 1. The molecule has 0 unspecified atom stereocenters. The summed E-state index contributed by atoms with van der Waals surface area (Å²) in [5.41, 5.74) is 3.42. The zero-order chi connectivity index (χ0) is 14.0. The Morgan fingerprint density at radius 2 is 2.05 bits per heavy atom. The van der Waals surface area contributed by atoms with E-state index in [0.717, 1.165) is 17.8 Å². The number of carbonyl (C=O) groups is 1. The number of esters is 1. The summed E-state index contributed by atoms with van der Waals surface area (Å²) in [6.45, 7) is 6.06. The van der Waals surface area contributed by atoms with Gasteiger partial charge in [0.25, 0.3) is 0 Å². The van der Waals surface area contributed by atoms with E-state index in [1.165, 1.54) is 25.1 Å². The molecule has 100 valence electrons. The smallest absolute Gasteiger partial charge is 0.358 e. The molecule has 0 aliphatic carbocycles. The van der Waals surface area contributed by atoms with Gasteiger partial charge in [-0.05, 0) is 25.8 Å². The fourth-order valence-electron chi connectivity index (χ4n) is 2.05. The number of ether oxygens (including phenoxy) is 1. The third kappa shape index (κ3) is 2.33. The molecule has 0 aliphatic heterocycles. The SMILES string of the molecule is CCc1c(C)nn(-c2cnc(C(=O)OC)cn2)c1C. The maximum Gasteiger partial charge on any atom is 0.358 e. The molecule has 0 bridgehead atoms. The van der Waals surface area contributed by atoms with Crippen LogP contribution in [0.3, 0.4) is 0 Å². The van der Waals surface area contributed by atoms with E-state index in [4.69, 9.17) is 0 Å². The lowest BCUT2D eigenvalue weighted by Crippen LogP contribution is -2.08. The molecular weight excluding hydrogens is 244 g/mol. The van der Waals surface area contributed by atoms with Gasteiger partial charge in [-0.15, -0.1) is 0 Å². The summed E-state index contributed by atoms with van der Waals surface area (Å²) in [6.07, 6.45) is 3.83. The van der Waals surface area contributed by atoms with Crippen molar-refractivity contribution in [2.75, 3.05) is 7.11 Å². The molecule has 2 aromatic heterocycles. The second-order valence-corrected chi connectivity index (χ2v) is 4.17. The molecule has 0 radical (unpaired) electrons. The van der Waals surface area contributed by atoms with Gasteiger partial charge in [0.1, 0.15) is 0 Å². The van der Waals surface area contributed by atoms with Crippen LogP contribution in [-0.4, -0.2) is 32.8 Å². The first-order valence-electron chi connectivity index (χ1n) is 6.04. The van der Waals surface area contributed by atoms with Crippen LogP contribution in [-0.2, 0) is 11.2 Å². The van der Waals surface area contributed by atoms with Crippen molar-refractivity contribution in [3.63, 3.8) is 0 Å². The topological polar surface area (TPSA) is 69.9 Å². The minimum atomic E-state index is -0.498. The summed E-state index contributed by atoms with van der Waals surface area (Å²) in [6, 6.07) is 0. The van der Waals surface area contributed by atoms with Crippen molar-refractivity contribution < 1.29 is 9.53 Å². The van der Waals surface area contributed by atoms with Crippen LogP contribution in [0, 0.1) is 13.8 Å². The van der Waals surface area contributed by atoms with Crippen LogP contribution in [0.2, 0.25) is 0 Å². The quantitative estimate of drug-likeness (QED) is 0.784. The number of hydrogen-bond donors (Lipinski definition) is 0. The first-order valence-corrected chi connectivity index (χ1v) is 6.04. The van der Waals surface area contributed by atoms with Gasteiger partial charge in [-0.3, -0.25) is 0 Å². The van der Waals surface area contributed by atoms with Crippen LogP contribution in [0.25, 0.3) is 5.82 Å². The van der Waals surface area contributed by atoms with Crippen LogP contribution >= 0.6 is 0 Å². The Morgan fingerprint density at radius 1 is 1.32 bits per heavy atom. The number of hydrogen-bond acceptors (Lipinski definition) is 5. The Morgan fingerprint density at radius 3 is 2.53 bits per heavy atom. The molecule has 0 saturated heterocycles. The van der Waals surface area contributed by atoms with Gasteiger partial charge in [0.15, 0.2) is 11.5 Å². The second-order valence-electron chi connectivity index (χ2n) is 4.17. The fraction of sp³-hybridized carbons (Fsp3) is 0.385. The van der Waals surface area contributed by atoms with Crippen LogP contribution in [0.4, 0.5) is 0 Å². The monoisotopic (exact) mass is 260 g/mol. The fourth-order valence-corrected chi connectivity index (χ4v) is 2.05. The standard InChI is InChI=1S/C13H16N4O2/c1-5-10-8(2)16-17(9(10)3)12-7-14-11(6-15-12)13(18)19-4/h6-7H,5H2,1-4H3. The van der Waals surface area contributed by atoms with Crippen LogP contribution < -0.4 is 0 Å². The van der Waals surface area contributed by atoms with Crippen LogP contribution in [0.5, 0.6) is 0 Å². The summed E-state index contributed by atoms with van der Waals surface area (Å²) < 4.78 is 6.32. The van der Waals surface area contributed by atoms with Crippen molar-refractivity contribution in [2.24, 2.45) is 0 Å². The van der Waals surface area contributed by atoms with E-state index < -0.39 is 5.97 Å². The summed E-state index contributed by atoms with van der Waals surface area (Å²) in [5, 5.41) is 4.44. The van der Waals surface area contributed by atoms with E-state index >= 15 is 0 Å². The highest BCUT2D eigenvalue weighted by molar-refractivity contribution is 5.86. The predicted molar refractivity (Wildman–Crippen MR) is 69.3 cm³/mol. The minimum Gasteiger partial charge on any atom is -0.464 e. The van der Waals surface area contributed by atoms with E-state index in [-0.39, 0.29) is 5.69 Å². The van der Waals surface area contributed by atoms with E-state index in [1.54, 1.807) is 4.68 Å². The lowest BCUT2D eigenvalue weighted by molar-refractivity contribution is 0.0593. The van der Waals surface area contributed by atoms with E-state index in [2.05, 4.69) is 26.7 Å². The number of carbonyl (C=O) groups excluding carboxylic acids is 1. The molecule has 2 aromatic rings. The first-order chi connectivity index (χ1) is 9.08. The molecule has 0 aliphatic rings. The molecule has 0 atom stereocenters. The maximum absolute atomic E-state index is 11.3. The number of rotatable bonds is 3. The summed E-state index contributed by atoms with van der Waals surface area (Å²) in [5.74, 6) is 0.0922. The molecule has 2 heterocycles. The summed E-state index contributed by atoms with van der Waals surface area (Å²) in [7, 11) is 1.31. The average molecular weight is 260 g/mol. The molecule has 0 fully saturated rings. The van der Waals surface area contributed by atoms with Crippen LogP contribution in [0.15, 0.2) is 12.4 Å². The largest absolute Gasteiger partial charge is 0.464 e. The van der Waals surface area contributed by atoms with Gasteiger partial charge in [0.2, 0.25) is 0 Å². The molecular formula is C13H16N4O2. The molecule has 0 saturated carbocycles. The molecule has 0 N–H and O–H groups in total. The maximum atomic E-state index is 11.3. The summed E-state index contributed by atoms with van der Waals surface area (Å²) in [4.78, 5) is 19.5. The molecule has 0 aromatic carbocycles.